The number of rotatable bonds is 0. The van der Waals surface area contributed by atoms with Gasteiger partial charge < -0.3 is 4.74 Å². The minimum absolute atomic E-state index is 0.156. The van der Waals surface area contributed by atoms with Gasteiger partial charge in [-0.05, 0) is 26.2 Å². The summed E-state index contributed by atoms with van der Waals surface area (Å²) in [5.41, 5.74) is -0.402. The molecule has 0 N–H and O–H groups in total. The zero-order valence-corrected chi connectivity index (χ0v) is 8.92. The fraction of sp³-hybridized carbons (Fsp3) is 1.00. The number of ether oxygens (including phenoxy) is 1. The molecule has 0 saturated carbocycles. The molecule has 80 valence electrons. The SMILES string of the molecule is CC1CC23CCC(CC2S(=O)(=O)O1)O3. The molecule has 5 heteroatoms. The lowest BCUT2D eigenvalue weighted by atomic mass is 9.84. The molecule has 3 heterocycles. The van der Waals surface area contributed by atoms with E-state index in [2.05, 4.69) is 0 Å². The Morgan fingerprint density at radius 3 is 2.93 bits per heavy atom. The van der Waals surface area contributed by atoms with Gasteiger partial charge in [-0.3, -0.25) is 4.18 Å². The average Bonchev–Trinajstić information content (AvgIpc) is 2.57. The van der Waals surface area contributed by atoms with Crippen molar-refractivity contribution < 1.29 is 17.3 Å². The lowest BCUT2D eigenvalue weighted by molar-refractivity contribution is -0.0261. The highest BCUT2D eigenvalue weighted by Crippen LogP contribution is 2.52. The Morgan fingerprint density at radius 2 is 2.21 bits per heavy atom. The molecule has 0 aliphatic carbocycles. The fourth-order valence-electron chi connectivity index (χ4n) is 3.19. The molecule has 4 nitrogen and oxygen atoms in total. The summed E-state index contributed by atoms with van der Waals surface area (Å²) in [7, 11) is -3.37. The van der Waals surface area contributed by atoms with E-state index in [1.807, 2.05) is 0 Å². The lowest BCUT2D eigenvalue weighted by Gasteiger charge is -2.38. The van der Waals surface area contributed by atoms with E-state index in [9.17, 15) is 8.42 Å². The van der Waals surface area contributed by atoms with Crippen molar-refractivity contribution in [1.29, 1.82) is 0 Å². The lowest BCUT2D eigenvalue weighted by Crippen LogP contribution is -2.51. The first-order valence-corrected chi connectivity index (χ1v) is 6.59. The van der Waals surface area contributed by atoms with Gasteiger partial charge in [0.25, 0.3) is 10.1 Å². The molecule has 3 rings (SSSR count). The van der Waals surface area contributed by atoms with Crippen molar-refractivity contribution in [1.82, 2.24) is 0 Å². The van der Waals surface area contributed by atoms with E-state index >= 15 is 0 Å². The molecule has 0 aromatic carbocycles. The third-order valence-corrected chi connectivity index (χ3v) is 5.55. The Morgan fingerprint density at radius 1 is 1.43 bits per heavy atom. The smallest absolute Gasteiger partial charge is 0.273 e. The van der Waals surface area contributed by atoms with Crippen LogP contribution in [0, 0.1) is 0 Å². The molecule has 3 saturated heterocycles. The summed E-state index contributed by atoms with van der Waals surface area (Å²) in [6, 6.07) is 0. The van der Waals surface area contributed by atoms with Crippen molar-refractivity contribution in [3.05, 3.63) is 0 Å². The van der Waals surface area contributed by atoms with Crippen LogP contribution in [0.15, 0.2) is 0 Å². The van der Waals surface area contributed by atoms with Crippen LogP contribution in [-0.4, -0.2) is 31.5 Å². The molecule has 0 radical (unpaired) electrons. The molecule has 4 atom stereocenters. The second kappa shape index (κ2) is 2.51. The van der Waals surface area contributed by atoms with Gasteiger partial charge in [-0.25, -0.2) is 0 Å². The van der Waals surface area contributed by atoms with Gasteiger partial charge in [0.2, 0.25) is 0 Å². The van der Waals surface area contributed by atoms with Gasteiger partial charge in [0.15, 0.2) is 0 Å². The number of hydrogen-bond acceptors (Lipinski definition) is 4. The van der Waals surface area contributed by atoms with Gasteiger partial charge >= 0.3 is 0 Å². The van der Waals surface area contributed by atoms with Crippen LogP contribution >= 0.6 is 0 Å². The van der Waals surface area contributed by atoms with Crippen molar-refractivity contribution in [2.24, 2.45) is 0 Å². The van der Waals surface area contributed by atoms with E-state index in [1.165, 1.54) is 0 Å². The first-order chi connectivity index (χ1) is 6.52. The van der Waals surface area contributed by atoms with E-state index < -0.39 is 21.0 Å². The van der Waals surface area contributed by atoms with Gasteiger partial charge in [-0.1, -0.05) is 0 Å². The minimum Gasteiger partial charge on any atom is -0.370 e. The summed E-state index contributed by atoms with van der Waals surface area (Å²) in [4.78, 5) is 0. The molecule has 3 aliphatic rings. The van der Waals surface area contributed by atoms with Gasteiger partial charge in [-0.2, -0.15) is 8.42 Å². The fourth-order valence-corrected chi connectivity index (χ4v) is 5.10. The maximum Gasteiger partial charge on any atom is 0.273 e. The maximum atomic E-state index is 11.8. The Balaban J connectivity index is 2.05. The zero-order valence-electron chi connectivity index (χ0n) is 8.10. The molecule has 2 bridgehead atoms. The molecular weight excluding hydrogens is 204 g/mol. The van der Waals surface area contributed by atoms with E-state index in [0.717, 1.165) is 19.3 Å². The molecule has 0 aromatic heterocycles. The van der Waals surface area contributed by atoms with Gasteiger partial charge in [0.05, 0.1) is 17.8 Å². The highest BCUT2D eigenvalue weighted by molar-refractivity contribution is 7.87. The summed E-state index contributed by atoms with van der Waals surface area (Å²) < 4.78 is 34.4. The minimum atomic E-state index is -3.37. The van der Waals surface area contributed by atoms with Crippen LogP contribution in [0.4, 0.5) is 0 Å². The Bertz CT molecular complexity index is 363. The standard InChI is InChI=1S/C9H14O4S/c1-6-5-9-3-2-7(12-9)4-8(9)14(10,11)13-6/h6-8H,2-5H2,1H3. The van der Waals surface area contributed by atoms with Crippen LogP contribution in [0.5, 0.6) is 0 Å². The first-order valence-electron chi connectivity index (χ1n) is 5.12. The van der Waals surface area contributed by atoms with Crippen molar-refractivity contribution in [2.45, 2.75) is 55.7 Å². The van der Waals surface area contributed by atoms with Crippen LogP contribution in [0.3, 0.4) is 0 Å². The molecule has 0 amide bonds. The molecule has 3 aliphatic heterocycles. The first kappa shape index (κ1) is 9.12. The predicted octanol–water partition coefficient (Wildman–Crippen LogP) is 0.815. The molecule has 0 aromatic rings. The van der Waals surface area contributed by atoms with Crippen molar-refractivity contribution in [2.75, 3.05) is 0 Å². The number of fused-ring (bicyclic) bond motifs is 1. The molecule has 4 unspecified atom stereocenters. The number of hydrogen-bond donors (Lipinski definition) is 0. The van der Waals surface area contributed by atoms with E-state index in [1.54, 1.807) is 6.92 Å². The summed E-state index contributed by atoms with van der Waals surface area (Å²) in [6.45, 7) is 1.80. The van der Waals surface area contributed by atoms with Crippen molar-refractivity contribution >= 4 is 10.1 Å². The van der Waals surface area contributed by atoms with Crippen LogP contribution in [0.2, 0.25) is 0 Å². The molecule has 14 heavy (non-hydrogen) atoms. The Hall–Kier alpha value is -0.130. The van der Waals surface area contributed by atoms with Crippen LogP contribution in [-0.2, 0) is 19.0 Å². The van der Waals surface area contributed by atoms with Gasteiger partial charge in [0, 0.05) is 6.42 Å². The van der Waals surface area contributed by atoms with Crippen LogP contribution < -0.4 is 0 Å². The normalized spacial score (nSPS) is 54.5. The van der Waals surface area contributed by atoms with Gasteiger partial charge in [-0.15, -0.1) is 0 Å². The van der Waals surface area contributed by atoms with Crippen molar-refractivity contribution in [3.8, 4) is 0 Å². The Labute approximate surface area is 83.7 Å². The van der Waals surface area contributed by atoms with E-state index in [0.29, 0.717) is 6.42 Å². The van der Waals surface area contributed by atoms with E-state index in [4.69, 9.17) is 8.92 Å². The third kappa shape index (κ3) is 1.03. The topological polar surface area (TPSA) is 52.6 Å². The largest absolute Gasteiger partial charge is 0.370 e. The zero-order chi connectivity index (χ0) is 9.97. The summed E-state index contributed by atoms with van der Waals surface area (Å²) in [5.74, 6) is 0. The summed E-state index contributed by atoms with van der Waals surface area (Å²) in [6.07, 6.45) is 3.19. The van der Waals surface area contributed by atoms with Gasteiger partial charge in [0.1, 0.15) is 5.25 Å². The quantitative estimate of drug-likeness (QED) is 0.565. The summed E-state index contributed by atoms with van der Waals surface area (Å²) >= 11 is 0. The Kier molecular flexibility index (Phi) is 1.64. The van der Waals surface area contributed by atoms with Crippen molar-refractivity contribution in [3.63, 3.8) is 0 Å². The molecule has 1 spiro atoms. The monoisotopic (exact) mass is 218 g/mol. The average molecular weight is 218 g/mol. The summed E-state index contributed by atoms with van der Waals surface area (Å²) in [5, 5.41) is -0.398. The molecular formula is C9H14O4S. The highest BCUT2D eigenvalue weighted by Gasteiger charge is 2.62. The van der Waals surface area contributed by atoms with Crippen LogP contribution in [0.1, 0.15) is 32.6 Å². The van der Waals surface area contributed by atoms with Crippen LogP contribution in [0.25, 0.3) is 0 Å². The van der Waals surface area contributed by atoms with E-state index in [-0.39, 0.29) is 12.2 Å². The molecule has 3 fully saturated rings. The maximum absolute atomic E-state index is 11.8. The second-order valence-electron chi connectivity index (χ2n) is 4.67. The second-order valence-corrected chi connectivity index (χ2v) is 6.42. The highest BCUT2D eigenvalue weighted by atomic mass is 32.2. The predicted molar refractivity (Wildman–Crippen MR) is 49.3 cm³/mol. The third-order valence-electron chi connectivity index (χ3n) is 3.63.